The van der Waals surface area contributed by atoms with Gasteiger partial charge in [0.1, 0.15) is 5.69 Å². The number of carbonyl (C=O) groups is 1. The first-order valence-electron chi connectivity index (χ1n) is 5.71. The number of rotatable bonds is 2. The lowest BCUT2D eigenvalue weighted by atomic mass is 10.2. The second kappa shape index (κ2) is 4.53. The molecule has 0 aliphatic carbocycles. The molecule has 1 aromatic heterocycles. The summed E-state index contributed by atoms with van der Waals surface area (Å²) < 4.78 is 1.05. The summed E-state index contributed by atoms with van der Waals surface area (Å²) in [6, 6.07) is 11.8. The molecule has 90 valence electrons. The number of nitrogens with zero attached hydrogens (tertiary/aromatic N) is 2. The molecule has 0 atom stereocenters. The molecule has 0 saturated carbocycles. The smallest absolute Gasteiger partial charge is 0.273 e. The van der Waals surface area contributed by atoms with Crippen molar-refractivity contribution in [2.24, 2.45) is 0 Å². The fourth-order valence-corrected chi connectivity index (χ4v) is 2.39. The Balaban J connectivity index is 1.81. The van der Waals surface area contributed by atoms with Gasteiger partial charge < -0.3 is 4.90 Å². The van der Waals surface area contributed by atoms with Crippen molar-refractivity contribution in [2.75, 3.05) is 0 Å². The van der Waals surface area contributed by atoms with Crippen LogP contribution in [-0.4, -0.2) is 15.8 Å². The van der Waals surface area contributed by atoms with Gasteiger partial charge in [0.05, 0.1) is 0 Å². The van der Waals surface area contributed by atoms with Crippen molar-refractivity contribution in [1.82, 2.24) is 9.88 Å². The van der Waals surface area contributed by atoms with Gasteiger partial charge >= 0.3 is 0 Å². The van der Waals surface area contributed by atoms with E-state index < -0.39 is 0 Å². The highest BCUT2D eigenvalue weighted by atomic mass is 79.9. The van der Waals surface area contributed by atoms with Gasteiger partial charge in [-0.15, -0.1) is 0 Å². The summed E-state index contributed by atoms with van der Waals surface area (Å²) in [5, 5.41) is 0. The van der Waals surface area contributed by atoms with Gasteiger partial charge in [-0.05, 0) is 23.8 Å². The van der Waals surface area contributed by atoms with Crippen molar-refractivity contribution in [2.45, 2.75) is 13.1 Å². The molecule has 0 radical (unpaired) electrons. The minimum Gasteiger partial charge on any atom is -0.329 e. The van der Waals surface area contributed by atoms with Gasteiger partial charge in [0, 0.05) is 29.3 Å². The second-order valence-corrected chi connectivity index (χ2v) is 5.21. The highest BCUT2D eigenvalue weighted by Crippen LogP contribution is 2.22. The van der Waals surface area contributed by atoms with E-state index in [4.69, 9.17) is 0 Å². The second-order valence-electron chi connectivity index (χ2n) is 4.30. The van der Waals surface area contributed by atoms with Gasteiger partial charge in [0.15, 0.2) is 0 Å². The number of amides is 1. The molecule has 18 heavy (non-hydrogen) atoms. The van der Waals surface area contributed by atoms with Crippen LogP contribution < -0.4 is 0 Å². The summed E-state index contributed by atoms with van der Waals surface area (Å²) in [6.07, 6.45) is 1.67. The molecule has 4 heteroatoms. The van der Waals surface area contributed by atoms with Crippen molar-refractivity contribution in [1.29, 1.82) is 0 Å². The van der Waals surface area contributed by atoms with Crippen LogP contribution in [0.15, 0.2) is 47.1 Å². The van der Waals surface area contributed by atoms with Crippen LogP contribution in [0.2, 0.25) is 0 Å². The summed E-state index contributed by atoms with van der Waals surface area (Å²) in [5.41, 5.74) is 2.73. The molecular weight excluding hydrogens is 292 g/mol. The van der Waals surface area contributed by atoms with Crippen molar-refractivity contribution >= 4 is 21.8 Å². The molecule has 0 unspecified atom stereocenters. The zero-order valence-corrected chi connectivity index (χ0v) is 11.2. The van der Waals surface area contributed by atoms with E-state index >= 15 is 0 Å². The molecule has 1 aliphatic rings. The predicted octanol–water partition coefficient (Wildman–Crippen LogP) is 3.00. The topological polar surface area (TPSA) is 33.2 Å². The lowest BCUT2D eigenvalue weighted by molar-refractivity contribution is 0.0762. The number of benzene rings is 1. The maximum atomic E-state index is 12.1. The molecule has 0 bridgehead atoms. The fraction of sp³-hybridized carbons (Fsp3) is 0.143. The number of hydrogen-bond donors (Lipinski definition) is 0. The first-order chi connectivity index (χ1) is 8.74. The molecule has 2 heterocycles. The summed E-state index contributed by atoms with van der Waals surface area (Å²) in [5.74, 6) is 0.0218. The maximum absolute atomic E-state index is 12.1. The van der Waals surface area contributed by atoms with Crippen molar-refractivity contribution in [3.63, 3.8) is 0 Å². The largest absolute Gasteiger partial charge is 0.329 e. The third-order valence-electron chi connectivity index (χ3n) is 3.03. The number of halogens is 1. The van der Waals surface area contributed by atoms with Crippen LogP contribution in [0.5, 0.6) is 0 Å². The first-order valence-corrected chi connectivity index (χ1v) is 6.51. The molecule has 2 aromatic rings. The average Bonchev–Trinajstić information content (AvgIpc) is 2.70. The van der Waals surface area contributed by atoms with Crippen molar-refractivity contribution in [3.8, 4) is 0 Å². The molecule has 0 N–H and O–H groups in total. The lowest BCUT2D eigenvalue weighted by Crippen LogP contribution is -2.23. The normalized spacial score (nSPS) is 13.8. The summed E-state index contributed by atoms with van der Waals surface area (Å²) in [6.45, 7) is 1.28. The van der Waals surface area contributed by atoms with Crippen LogP contribution in [0, 0.1) is 0 Å². The van der Waals surface area contributed by atoms with Gasteiger partial charge in [0.25, 0.3) is 5.91 Å². The lowest BCUT2D eigenvalue weighted by Gasteiger charge is -2.15. The average molecular weight is 303 g/mol. The number of hydrogen-bond acceptors (Lipinski definition) is 2. The van der Waals surface area contributed by atoms with Crippen LogP contribution in [-0.2, 0) is 13.1 Å². The highest BCUT2D eigenvalue weighted by molar-refractivity contribution is 9.10. The van der Waals surface area contributed by atoms with Gasteiger partial charge in [0.2, 0.25) is 0 Å². The van der Waals surface area contributed by atoms with Crippen LogP contribution in [0.3, 0.4) is 0 Å². The van der Waals surface area contributed by atoms with E-state index in [1.54, 1.807) is 6.20 Å². The molecule has 3 nitrogen and oxygen atoms in total. The monoisotopic (exact) mass is 302 g/mol. The van der Waals surface area contributed by atoms with Crippen LogP contribution in [0.1, 0.15) is 21.6 Å². The third-order valence-corrected chi connectivity index (χ3v) is 3.56. The van der Waals surface area contributed by atoms with E-state index in [0.29, 0.717) is 18.8 Å². The van der Waals surface area contributed by atoms with Crippen LogP contribution in [0.4, 0.5) is 0 Å². The Bertz CT molecular complexity index is 595. The van der Waals surface area contributed by atoms with Crippen molar-refractivity contribution < 1.29 is 4.79 Å². The van der Waals surface area contributed by atoms with E-state index in [1.807, 2.05) is 41.3 Å². The molecular formula is C14H11BrN2O. The molecule has 1 amide bonds. The van der Waals surface area contributed by atoms with Gasteiger partial charge in [-0.2, -0.15) is 0 Å². The summed E-state index contributed by atoms with van der Waals surface area (Å²) >= 11 is 3.40. The van der Waals surface area contributed by atoms with E-state index in [1.165, 1.54) is 0 Å². The zero-order chi connectivity index (χ0) is 12.5. The number of fused-ring (bicyclic) bond motifs is 1. The maximum Gasteiger partial charge on any atom is 0.273 e. The Hall–Kier alpha value is -1.68. The van der Waals surface area contributed by atoms with Crippen LogP contribution >= 0.6 is 15.9 Å². The van der Waals surface area contributed by atoms with Gasteiger partial charge in [-0.3, -0.25) is 9.78 Å². The quantitative estimate of drug-likeness (QED) is 0.854. The molecule has 0 fully saturated rings. The standard InChI is InChI=1S/C14H11BrN2O/c15-12-5-3-10(4-6-12)8-17-9-11-2-1-7-16-13(11)14(17)18/h1-7H,8-9H2. The van der Waals surface area contributed by atoms with E-state index in [-0.39, 0.29) is 5.91 Å². The predicted molar refractivity (Wildman–Crippen MR) is 72.0 cm³/mol. The minimum atomic E-state index is 0.0218. The van der Waals surface area contributed by atoms with E-state index in [0.717, 1.165) is 15.6 Å². The van der Waals surface area contributed by atoms with Crippen LogP contribution in [0.25, 0.3) is 0 Å². The Kier molecular flexibility index (Phi) is 2.88. The summed E-state index contributed by atoms with van der Waals surface area (Å²) in [7, 11) is 0. The number of carbonyl (C=O) groups excluding carboxylic acids is 1. The molecule has 0 saturated heterocycles. The van der Waals surface area contributed by atoms with Gasteiger partial charge in [-0.1, -0.05) is 34.1 Å². The number of aromatic nitrogens is 1. The Morgan fingerprint density at radius 3 is 2.72 bits per heavy atom. The Morgan fingerprint density at radius 1 is 1.22 bits per heavy atom. The SMILES string of the molecule is O=C1c2ncccc2CN1Cc1ccc(Br)cc1. The highest BCUT2D eigenvalue weighted by Gasteiger charge is 2.28. The van der Waals surface area contributed by atoms with E-state index in [9.17, 15) is 4.79 Å². The molecule has 3 rings (SSSR count). The Morgan fingerprint density at radius 2 is 2.00 bits per heavy atom. The minimum absolute atomic E-state index is 0.0218. The molecule has 1 aliphatic heterocycles. The van der Waals surface area contributed by atoms with Crippen molar-refractivity contribution in [3.05, 3.63) is 63.9 Å². The molecule has 0 spiro atoms. The van der Waals surface area contributed by atoms with Gasteiger partial charge in [-0.25, -0.2) is 0 Å². The van der Waals surface area contributed by atoms with E-state index in [2.05, 4.69) is 20.9 Å². The Labute approximate surface area is 114 Å². The first kappa shape index (κ1) is 11.4. The zero-order valence-electron chi connectivity index (χ0n) is 9.64. The third kappa shape index (κ3) is 2.04. The summed E-state index contributed by atoms with van der Waals surface area (Å²) in [4.78, 5) is 18.1. The fourth-order valence-electron chi connectivity index (χ4n) is 2.12. The molecule has 1 aromatic carbocycles. The number of pyridine rings is 1.